The maximum absolute atomic E-state index is 13.7. The summed E-state index contributed by atoms with van der Waals surface area (Å²) in [6, 6.07) is 17.1. The molecular weight excluding hydrogens is 359 g/mol. The lowest BCUT2D eigenvalue weighted by Gasteiger charge is -2.09. The van der Waals surface area contributed by atoms with Gasteiger partial charge in [0.05, 0.1) is 5.97 Å². The van der Waals surface area contributed by atoms with Gasteiger partial charge in [-0.2, -0.15) is 8.42 Å². The van der Waals surface area contributed by atoms with Gasteiger partial charge in [-0.15, -0.1) is 0 Å². The van der Waals surface area contributed by atoms with Crippen molar-refractivity contribution in [1.82, 2.24) is 0 Å². The average molecular weight is 371 g/mol. The summed E-state index contributed by atoms with van der Waals surface area (Å²) >= 11 is 0. The molecule has 0 aliphatic carbocycles. The Balaban J connectivity index is 1.82. The van der Waals surface area contributed by atoms with Crippen LogP contribution in [0.25, 0.3) is 11.1 Å². The van der Waals surface area contributed by atoms with E-state index in [1.807, 2.05) is 0 Å². The maximum Gasteiger partial charge on any atom is 0.342 e. The molecule has 3 aromatic rings. The van der Waals surface area contributed by atoms with E-state index in [2.05, 4.69) is 0 Å². The Morgan fingerprint density at radius 1 is 0.846 bits per heavy atom. The predicted molar refractivity (Wildman–Crippen MR) is 90.4 cm³/mol. The van der Waals surface area contributed by atoms with Gasteiger partial charge in [-0.05, 0) is 41.0 Å². The lowest BCUT2D eigenvalue weighted by atomic mass is 10.0. The summed E-state index contributed by atoms with van der Waals surface area (Å²) in [5.41, 5.74) is 1.52. The SMILES string of the molecule is O=C([O-])c1ccc(-c2ccc(OS(=O)(=O)c3ccccc3F)cc2)cc1. The number of carbonyl (C=O) groups is 1. The molecule has 3 rings (SSSR count). The van der Waals surface area contributed by atoms with Gasteiger partial charge in [-0.25, -0.2) is 4.39 Å². The van der Waals surface area contributed by atoms with Gasteiger partial charge < -0.3 is 14.1 Å². The number of halogens is 1. The van der Waals surface area contributed by atoms with Crippen LogP contribution < -0.4 is 9.29 Å². The van der Waals surface area contributed by atoms with Crippen LogP contribution >= 0.6 is 0 Å². The fourth-order valence-electron chi connectivity index (χ4n) is 2.32. The summed E-state index contributed by atoms with van der Waals surface area (Å²) in [6.07, 6.45) is 0. The van der Waals surface area contributed by atoms with Crippen molar-refractivity contribution in [2.75, 3.05) is 0 Å². The van der Waals surface area contributed by atoms with Gasteiger partial charge in [0.15, 0.2) is 0 Å². The number of carbonyl (C=O) groups excluding carboxylic acids is 1. The minimum Gasteiger partial charge on any atom is -0.545 e. The first kappa shape index (κ1) is 17.6. The zero-order valence-electron chi connectivity index (χ0n) is 13.3. The second-order valence-electron chi connectivity index (χ2n) is 5.36. The molecule has 3 aromatic carbocycles. The molecule has 132 valence electrons. The molecule has 0 aliphatic heterocycles. The van der Waals surface area contributed by atoms with Crippen LogP contribution in [0.3, 0.4) is 0 Å². The summed E-state index contributed by atoms with van der Waals surface area (Å²) in [4.78, 5) is 10.2. The Hall–Kier alpha value is -3.19. The van der Waals surface area contributed by atoms with Gasteiger partial charge in [-0.3, -0.25) is 0 Å². The summed E-state index contributed by atoms with van der Waals surface area (Å²) in [7, 11) is -4.28. The minimum absolute atomic E-state index is 0.0309. The van der Waals surface area contributed by atoms with Crippen LogP contribution in [0.1, 0.15) is 10.4 Å². The van der Waals surface area contributed by atoms with Crippen LogP contribution in [0.5, 0.6) is 5.75 Å². The van der Waals surface area contributed by atoms with Crippen LogP contribution in [0.4, 0.5) is 4.39 Å². The van der Waals surface area contributed by atoms with E-state index in [0.29, 0.717) is 0 Å². The smallest absolute Gasteiger partial charge is 0.342 e. The number of carboxylic acids is 1. The van der Waals surface area contributed by atoms with Crippen molar-refractivity contribution in [1.29, 1.82) is 0 Å². The Labute approximate surface area is 149 Å². The summed E-state index contributed by atoms with van der Waals surface area (Å²) in [6.45, 7) is 0. The largest absolute Gasteiger partial charge is 0.545 e. The van der Waals surface area contributed by atoms with Gasteiger partial charge >= 0.3 is 10.1 Å². The number of carboxylic acid groups (broad SMARTS) is 1. The third kappa shape index (κ3) is 3.73. The van der Waals surface area contributed by atoms with Crippen molar-refractivity contribution in [2.24, 2.45) is 0 Å². The van der Waals surface area contributed by atoms with Crippen LogP contribution in [0.2, 0.25) is 0 Å². The monoisotopic (exact) mass is 371 g/mol. The van der Waals surface area contributed by atoms with Gasteiger partial charge in [0.25, 0.3) is 0 Å². The predicted octanol–water partition coefficient (Wildman–Crippen LogP) is 2.62. The quantitative estimate of drug-likeness (QED) is 0.644. The molecule has 0 spiro atoms. The van der Waals surface area contributed by atoms with Crippen molar-refractivity contribution in [3.8, 4) is 16.9 Å². The number of aromatic carboxylic acids is 1. The molecule has 5 nitrogen and oxygen atoms in total. The highest BCUT2D eigenvalue weighted by atomic mass is 32.2. The highest BCUT2D eigenvalue weighted by Gasteiger charge is 2.20. The van der Waals surface area contributed by atoms with E-state index in [4.69, 9.17) is 4.18 Å². The van der Waals surface area contributed by atoms with Crippen molar-refractivity contribution in [2.45, 2.75) is 4.90 Å². The first-order chi connectivity index (χ1) is 12.4. The molecule has 26 heavy (non-hydrogen) atoms. The Morgan fingerprint density at radius 2 is 1.38 bits per heavy atom. The highest BCUT2D eigenvalue weighted by molar-refractivity contribution is 7.87. The lowest BCUT2D eigenvalue weighted by molar-refractivity contribution is -0.255. The first-order valence-electron chi connectivity index (χ1n) is 7.48. The lowest BCUT2D eigenvalue weighted by Crippen LogP contribution is -2.21. The minimum atomic E-state index is -4.28. The molecule has 0 bridgehead atoms. The second-order valence-corrected chi connectivity index (χ2v) is 6.87. The molecule has 0 amide bonds. The van der Waals surface area contributed by atoms with E-state index in [1.165, 1.54) is 36.4 Å². The number of hydrogen-bond acceptors (Lipinski definition) is 5. The van der Waals surface area contributed by atoms with Gasteiger partial charge in [0.1, 0.15) is 16.5 Å². The average Bonchev–Trinajstić information content (AvgIpc) is 2.62. The van der Waals surface area contributed by atoms with Crippen LogP contribution in [-0.2, 0) is 10.1 Å². The third-order valence-electron chi connectivity index (χ3n) is 3.62. The van der Waals surface area contributed by atoms with E-state index in [1.54, 1.807) is 24.3 Å². The standard InChI is InChI=1S/C19H13FO5S/c20-17-3-1-2-4-18(17)26(23,24)25-16-11-9-14(10-12-16)13-5-7-15(8-6-13)19(21)22/h1-12H,(H,21,22)/p-1. The van der Waals surface area contributed by atoms with Gasteiger partial charge in [0.2, 0.25) is 0 Å². The summed E-state index contributed by atoms with van der Waals surface area (Å²) in [5, 5.41) is 10.8. The fraction of sp³-hybridized carbons (Fsp3) is 0. The summed E-state index contributed by atoms with van der Waals surface area (Å²) in [5.74, 6) is -2.13. The Morgan fingerprint density at radius 3 is 1.92 bits per heavy atom. The molecular formula is C19H12FO5S-. The Bertz CT molecular complexity index is 1040. The zero-order valence-corrected chi connectivity index (χ0v) is 14.1. The molecule has 0 aromatic heterocycles. The molecule has 0 atom stereocenters. The molecule has 0 fully saturated rings. The number of rotatable bonds is 5. The summed E-state index contributed by atoms with van der Waals surface area (Å²) < 4.78 is 42.9. The molecule has 0 saturated heterocycles. The van der Waals surface area contributed by atoms with Crippen molar-refractivity contribution >= 4 is 16.1 Å². The molecule has 0 aliphatic rings. The van der Waals surface area contributed by atoms with Crippen LogP contribution in [0, 0.1) is 5.82 Å². The molecule has 0 radical (unpaired) electrons. The van der Waals surface area contributed by atoms with Crippen molar-refractivity contribution in [3.05, 3.63) is 84.2 Å². The fourth-order valence-corrected chi connectivity index (χ4v) is 3.33. The van der Waals surface area contributed by atoms with E-state index >= 15 is 0 Å². The highest BCUT2D eigenvalue weighted by Crippen LogP contribution is 2.25. The third-order valence-corrected chi connectivity index (χ3v) is 4.90. The molecule has 0 heterocycles. The van der Waals surface area contributed by atoms with Gasteiger partial charge in [-0.1, -0.05) is 48.5 Å². The van der Waals surface area contributed by atoms with Crippen molar-refractivity contribution in [3.63, 3.8) is 0 Å². The first-order valence-corrected chi connectivity index (χ1v) is 8.88. The molecule has 0 unspecified atom stereocenters. The normalized spacial score (nSPS) is 11.1. The maximum atomic E-state index is 13.7. The second kappa shape index (κ2) is 6.97. The van der Waals surface area contributed by atoms with Crippen molar-refractivity contribution < 1.29 is 26.9 Å². The molecule has 7 heteroatoms. The Kier molecular flexibility index (Phi) is 4.73. The molecule has 0 N–H and O–H groups in total. The topological polar surface area (TPSA) is 83.5 Å². The molecule has 0 saturated carbocycles. The van der Waals surface area contributed by atoms with Gasteiger partial charge in [0, 0.05) is 0 Å². The van der Waals surface area contributed by atoms with E-state index in [9.17, 15) is 22.7 Å². The van der Waals surface area contributed by atoms with E-state index < -0.39 is 26.8 Å². The van der Waals surface area contributed by atoms with Crippen LogP contribution in [0.15, 0.2) is 77.7 Å². The van der Waals surface area contributed by atoms with Crippen LogP contribution in [-0.4, -0.2) is 14.4 Å². The number of benzene rings is 3. The van der Waals surface area contributed by atoms with E-state index in [0.717, 1.165) is 23.3 Å². The zero-order chi connectivity index (χ0) is 18.7. The number of hydrogen-bond donors (Lipinski definition) is 0. The van der Waals surface area contributed by atoms with E-state index in [-0.39, 0.29) is 11.3 Å².